The summed E-state index contributed by atoms with van der Waals surface area (Å²) in [5, 5.41) is 8.48. The second-order valence-corrected chi connectivity index (χ2v) is 4.78. The molecule has 2 aromatic heterocycles. The van der Waals surface area contributed by atoms with Gasteiger partial charge < -0.3 is 9.51 Å². The minimum absolute atomic E-state index is 0.175. The normalized spacial score (nSPS) is 12.8. The Kier molecular flexibility index (Phi) is 3.00. The van der Waals surface area contributed by atoms with Gasteiger partial charge in [-0.25, -0.2) is 4.98 Å². The molecule has 1 atom stereocenters. The van der Waals surface area contributed by atoms with Crippen LogP contribution in [0.15, 0.2) is 30.6 Å². The molecule has 0 aliphatic heterocycles. The van der Waals surface area contributed by atoms with Crippen LogP contribution in [0.2, 0.25) is 0 Å². The van der Waals surface area contributed by atoms with Crippen molar-refractivity contribution in [3.63, 3.8) is 0 Å². The molecule has 6 heteroatoms. The number of aromatic nitrogens is 2. The summed E-state index contributed by atoms with van der Waals surface area (Å²) < 4.78 is 13.2. The van der Waals surface area contributed by atoms with E-state index in [1.807, 2.05) is 28.8 Å². The topological polar surface area (TPSA) is 71.7 Å². The summed E-state index contributed by atoms with van der Waals surface area (Å²) >= 11 is 0. The van der Waals surface area contributed by atoms with Gasteiger partial charge in [0.25, 0.3) is 0 Å². The summed E-state index contributed by atoms with van der Waals surface area (Å²) in [5.74, 6) is -1.22. The quantitative estimate of drug-likeness (QED) is 0.849. The van der Waals surface area contributed by atoms with E-state index < -0.39 is 16.8 Å². The average Bonchev–Trinajstić information content (AvgIpc) is 2.57. The second kappa shape index (κ2) is 4.44. The van der Waals surface area contributed by atoms with Crippen LogP contribution in [0.4, 0.5) is 0 Å². The van der Waals surface area contributed by atoms with Crippen LogP contribution in [0.3, 0.4) is 0 Å². The van der Waals surface area contributed by atoms with Crippen molar-refractivity contribution in [2.45, 2.75) is 5.75 Å². The Bertz CT molecular complexity index is 517. The maximum Gasteiger partial charge on any atom is 0.316 e. The molecular formula is C10H10N2O3S. The minimum Gasteiger partial charge on any atom is -0.481 e. The molecule has 2 aromatic rings. The van der Waals surface area contributed by atoms with Crippen molar-refractivity contribution < 1.29 is 14.1 Å². The van der Waals surface area contributed by atoms with Gasteiger partial charge in [0.05, 0.1) is 11.4 Å². The summed E-state index contributed by atoms with van der Waals surface area (Å²) in [4.78, 5) is 14.6. The van der Waals surface area contributed by atoms with Gasteiger partial charge in [0.1, 0.15) is 11.4 Å². The molecule has 2 heterocycles. The first-order valence-corrected chi connectivity index (χ1v) is 6.13. The fourth-order valence-corrected chi connectivity index (χ4v) is 2.26. The highest BCUT2D eigenvalue weighted by Gasteiger charge is 2.09. The first-order chi connectivity index (χ1) is 7.65. The van der Waals surface area contributed by atoms with Crippen LogP contribution in [0.5, 0.6) is 0 Å². The molecule has 0 aliphatic rings. The Labute approximate surface area is 94.2 Å². The van der Waals surface area contributed by atoms with Crippen molar-refractivity contribution in [2.75, 3.05) is 5.75 Å². The van der Waals surface area contributed by atoms with Crippen LogP contribution >= 0.6 is 0 Å². The molecule has 0 radical (unpaired) electrons. The third kappa shape index (κ3) is 2.46. The van der Waals surface area contributed by atoms with Crippen molar-refractivity contribution >= 4 is 22.4 Å². The van der Waals surface area contributed by atoms with Crippen LogP contribution in [0.25, 0.3) is 5.65 Å². The van der Waals surface area contributed by atoms with Crippen molar-refractivity contribution in [3.8, 4) is 0 Å². The van der Waals surface area contributed by atoms with Crippen molar-refractivity contribution in [3.05, 3.63) is 36.3 Å². The van der Waals surface area contributed by atoms with Gasteiger partial charge in [-0.1, -0.05) is 6.07 Å². The smallest absolute Gasteiger partial charge is 0.316 e. The van der Waals surface area contributed by atoms with E-state index in [0.717, 1.165) is 5.65 Å². The Morgan fingerprint density at radius 1 is 1.50 bits per heavy atom. The summed E-state index contributed by atoms with van der Waals surface area (Å²) in [6.45, 7) is 0. The van der Waals surface area contributed by atoms with Crippen molar-refractivity contribution in [1.29, 1.82) is 0 Å². The molecule has 2 rings (SSSR count). The number of pyridine rings is 1. The lowest BCUT2D eigenvalue weighted by Crippen LogP contribution is -2.10. The molecule has 0 saturated carbocycles. The summed E-state index contributed by atoms with van der Waals surface area (Å²) in [6.07, 6.45) is 3.60. The van der Waals surface area contributed by atoms with Crippen LogP contribution in [-0.4, -0.2) is 30.4 Å². The number of imidazole rings is 1. The lowest BCUT2D eigenvalue weighted by atomic mass is 10.5. The Hall–Kier alpha value is -1.69. The Morgan fingerprint density at radius 2 is 2.31 bits per heavy atom. The number of nitrogens with zero attached hydrogens (tertiary/aromatic N) is 2. The average molecular weight is 238 g/mol. The molecule has 0 aromatic carbocycles. The molecule has 84 valence electrons. The fourth-order valence-electron chi connectivity index (χ4n) is 1.41. The number of hydrogen-bond donors (Lipinski definition) is 1. The summed E-state index contributed by atoms with van der Waals surface area (Å²) in [5.41, 5.74) is 1.41. The molecule has 0 fully saturated rings. The Balaban J connectivity index is 2.15. The molecule has 5 nitrogen and oxygen atoms in total. The molecule has 0 spiro atoms. The maximum absolute atomic E-state index is 11.4. The van der Waals surface area contributed by atoms with E-state index in [9.17, 15) is 9.00 Å². The zero-order valence-corrected chi connectivity index (χ0v) is 9.18. The molecule has 0 bridgehead atoms. The van der Waals surface area contributed by atoms with Crippen LogP contribution < -0.4 is 0 Å². The van der Waals surface area contributed by atoms with Gasteiger partial charge in [-0.3, -0.25) is 9.00 Å². The van der Waals surface area contributed by atoms with E-state index in [1.165, 1.54) is 0 Å². The van der Waals surface area contributed by atoms with Crippen LogP contribution in [-0.2, 0) is 21.3 Å². The van der Waals surface area contributed by atoms with Crippen LogP contribution in [0.1, 0.15) is 5.69 Å². The van der Waals surface area contributed by atoms with E-state index in [4.69, 9.17) is 5.11 Å². The standard InChI is InChI=1S/C10H10N2O3S/c13-10(14)7-16(15)6-8-5-12-4-2-1-3-9(12)11-8/h1-5H,6-7H2,(H,13,14). The van der Waals surface area contributed by atoms with E-state index in [2.05, 4.69) is 4.98 Å². The number of fused-ring (bicyclic) bond motifs is 1. The highest BCUT2D eigenvalue weighted by molar-refractivity contribution is 7.84. The predicted octanol–water partition coefficient (Wildman–Crippen LogP) is 0.668. The molecule has 0 saturated heterocycles. The molecule has 1 N–H and O–H groups in total. The van der Waals surface area contributed by atoms with Crippen molar-refractivity contribution in [1.82, 2.24) is 9.38 Å². The molecule has 1 unspecified atom stereocenters. The minimum atomic E-state index is -1.40. The van der Waals surface area contributed by atoms with Crippen molar-refractivity contribution in [2.24, 2.45) is 0 Å². The van der Waals surface area contributed by atoms with Gasteiger partial charge in [0.15, 0.2) is 0 Å². The zero-order chi connectivity index (χ0) is 11.5. The fraction of sp³-hybridized carbons (Fsp3) is 0.200. The zero-order valence-electron chi connectivity index (χ0n) is 8.37. The number of carboxylic acids is 1. The first kappa shape index (κ1) is 10.8. The highest BCUT2D eigenvalue weighted by atomic mass is 32.2. The van der Waals surface area contributed by atoms with Gasteiger partial charge >= 0.3 is 5.97 Å². The van der Waals surface area contributed by atoms with Gasteiger partial charge in [-0.2, -0.15) is 0 Å². The summed E-state index contributed by atoms with van der Waals surface area (Å²) in [7, 11) is -1.40. The summed E-state index contributed by atoms with van der Waals surface area (Å²) in [6, 6.07) is 5.57. The lowest BCUT2D eigenvalue weighted by Gasteiger charge is -1.93. The Morgan fingerprint density at radius 3 is 3.00 bits per heavy atom. The van der Waals surface area contributed by atoms with E-state index in [0.29, 0.717) is 5.69 Å². The number of carbonyl (C=O) groups is 1. The van der Waals surface area contributed by atoms with Gasteiger partial charge in [-0.15, -0.1) is 0 Å². The van der Waals surface area contributed by atoms with Gasteiger partial charge in [-0.05, 0) is 12.1 Å². The number of aliphatic carboxylic acids is 1. The first-order valence-electron chi connectivity index (χ1n) is 4.64. The number of hydrogen-bond acceptors (Lipinski definition) is 3. The van der Waals surface area contributed by atoms with Crippen LogP contribution in [0, 0.1) is 0 Å². The number of carboxylic acid groups (broad SMARTS) is 1. The maximum atomic E-state index is 11.4. The van der Waals surface area contributed by atoms with E-state index >= 15 is 0 Å². The third-order valence-electron chi connectivity index (χ3n) is 2.01. The molecule has 0 amide bonds. The van der Waals surface area contributed by atoms with E-state index in [-0.39, 0.29) is 11.5 Å². The monoisotopic (exact) mass is 238 g/mol. The number of rotatable bonds is 4. The lowest BCUT2D eigenvalue weighted by molar-refractivity contribution is -0.133. The molecule has 0 aliphatic carbocycles. The molecule has 16 heavy (non-hydrogen) atoms. The second-order valence-electron chi connectivity index (χ2n) is 3.32. The van der Waals surface area contributed by atoms with Gasteiger partial charge in [0, 0.05) is 23.2 Å². The highest BCUT2D eigenvalue weighted by Crippen LogP contribution is 2.06. The SMILES string of the molecule is O=C(O)CS(=O)Cc1cn2ccccc2n1. The van der Waals surface area contributed by atoms with E-state index in [1.54, 1.807) is 6.20 Å². The predicted molar refractivity (Wildman–Crippen MR) is 59.5 cm³/mol. The third-order valence-corrected chi connectivity index (χ3v) is 3.19. The van der Waals surface area contributed by atoms with Gasteiger partial charge in [0.2, 0.25) is 0 Å². The molecular weight excluding hydrogens is 228 g/mol. The largest absolute Gasteiger partial charge is 0.481 e.